The van der Waals surface area contributed by atoms with Crippen LogP contribution in [0, 0.1) is 0 Å². The molecular weight excluding hydrogens is 217 g/mol. The second-order valence-electron chi connectivity index (χ2n) is 2.43. The Morgan fingerprint density at radius 1 is 1.38 bits per heavy atom. The molecule has 1 aromatic rings. The van der Waals surface area contributed by atoms with Gasteiger partial charge in [0.15, 0.2) is 11.5 Å². The molecule has 0 amide bonds. The molecule has 0 fully saturated rings. The molecule has 0 radical (unpaired) electrons. The Labute approximate surface area is 91.0 Å². The van der Waals surface area contributed by atoms with Crippen LogP contribution in [0.5, 0.6) is 11.5 Å². The minimum absolute atomic E-state index is 0. The zero-order valence-corrected chi connectivity index (χ0v) is 10.9. The monoisotopic (exact) mass is 228 g/mol. The summed E-state index contributed by atoms with van der Waals surface area (Å²) >= 11 is 0. The zero-order chi connectivity index (χ0) is 8.97. The van der Waals surface area contributed by atoms with Gasteiger partial charge in [-0.25, -0.2) is 0 Å². The first-order valence-corrected chi connectivity index (χ1v) is 3.77. The van der Waals surface area contributed by atoms with Crippen LogP contribution in [0.4, 0.5) is 0 Å². The summed E-state index contributed by atoms with van der Waals surface area (Å²) in [4.78, 5) is 0. The molecule has 0 atom stereocenters. The molecule has 0 saturated carbocycles. The largest absolute Gasteiger partial charge is 0.504 e. The third-order valence-corrected chi connectivity index (χ3v) is 1.56. The van der Waals surface area contributed by atoms with E-state index in [1.165, 1.54) is 7.11 Å². The first kappa shape index (κ1) is 12.2. The summed E-state index contributed by atoms with van der Waals surface area (Å²) in [5.41, 5.74) is 1.02. The smallest absolute Gasteiger partial charge is 0.161 e. The van der Waals surface area contributed by atoms with Crippen LogP contribution in [0.2, 0.25) is 0 Å². The maximum absolute atomic E-state index is 9.25. The van der Waals surface area contributed by atoms with Crippen molar-refractivity contribution in [3.8, 4) is 11.5 Å². The molecule has 0 bridgehead atoms. The quantitative estimate of drug-likeness (QED) is 0.790. The van der Waals surface area contributed by atoms with Crippen molar-refractivity contribution in [1.29, 1.82) is 0 Å². The van der Waals surface area contributed by atoms with Gasteiger partial charge in [0, 0.05) is 19.5 Å². The van der Waals surface area contributed by atoms with Gasteiger partial charge in [-0.3, -0.25) is 0 Å². The van der Waals surface area contributed by atoms with Gasteiger partial charge in [-0.1, -0.05) is 18.2 Å². The fraction of sp³-hybridized carbons (Fsp3) is 0.200. The molecule has 0 aliphatic rings. The molecule has 1 aromatic carbocycles. The molecule has 0 heterocycles. The number of methoxy groups -OCH3 is 1. The summed E-state index contributed by atoms with van der Waals surface area (Å²) < 4.78 is 4.95. The number of phenolic OH excluding ortho intramolecular Hbond substituents is 1. The Balaban J connectivity index is 0.00000144. The molecule has 13 heavy (non-hydrogen) atoms. The van der Waals surface area contributed by atoms with Crippen LogP contribution in [0.25, 0.3) is 6.08 Å². The van der Waals surface area contributed by atoms with E-state index >= 15 is 0 Å². The van der Waals surface area contributed by atoms with Gasteiger partial charge in [-0.2, -0.15) is 0 Å². The summed E-state index contributed by atoms with van der Waals surface area (Å²) in [6, 6.07) is 5.24. The van der Waals surface area contributed by atoms with E-state index in [1.807, 2.05) is 25.1 Å². The van der Waals surface area contributed by atoms with E-state index in [9.17, 15) is 5.11 Å². The number of phenols is 1. The Hall–Kier alpha value is -0.817. The average Bonchev–Trinajstić information content (AvgIpc) is 2.09. The van der Waals surface area contributed by atoms with Crippen molar-refractivity contribution in [2.24, 2.45) is 0 Å². The van der Waals surface area contributed by atoms with Crippen molar-refractivity contribution >= 4 is 6.08 Å². The predicted molar refractivity (Wildman–Crippen MR) is 49.4 cm³/mol. The van der Waals surface area contributed by atoms with Crippen molar-refractivity contribution in [3.63, 3.8) is 0 Å². The zero-order valence-electron chi connectivity index (χ0n) is 7.95. The predicted octanol–water partition coefficient (Wildman–Crippen LogP) is 2.43. The van der Waals surface area contributed by atoms with E-state index in [1.54, 1.807) is 12.1 Å². The second-order valence-corrected chi connectivity index (χ2v) is 2.43. The Morgan fingerprint density at radius 3 is 2.62 bits per heavy atom. The number of hydrogen-bond acceptors (Lipinski definition) is 2. The van der Waals surface area contributed by atoms with Crippen LogP contribution in [0.3, 0.4) is 0 Å². The summed E-state index contributed by atoms with van der Waals surface area (Å²) in [5, 5.41) is 9.25. The van der Waals surface area contributed by atoms with E-state index in [4.69, 9.17) is 4.74 Å². The first-order valence-electron chi connectivity index (χ1n) is 3.77. The third-order valence-electron chi connectivity index (χ3n) is 1.56. The summed E-state index contributed by atoms with van der Waals surface area (Å²) in [7, 11) is 1.54. The van der Waals surface area contributed by atoms with E-state index < -0.39 is 0 Å². The Kier molecular flexibility index (Phi) is 5.40. The molecule has 0 aliphatic heterocycles. The second kappa shape index (κ2) is 5.76. The normalized spacial score (nSPS) is 9.69. The summed E-state index contributed by atoms with van der Waals surface area (Å²) in [5.74, 6) is 0.677. The molecule has 0 aliphatic carbocycles. The van der Waals surface area contributed by atoms with Crippen LogP contribution in [-0.4, -0.2) is 12.2 Å². The third kappa shape index (κ3) is 3.19. The summed E-state index contributed by atoms with van der Waals surface area (Å²) in [6.07, 6.45) is 3.88. The number of hydrogen-bond donors (Lipinski definition) is 1. The van der Waals surface area contributed by atoms with Crippen molar-refractivity contribution in [2.45, 2.75) is 6.92 Å². The van der Waals surface area contributed by atoms with Gasteiger partial charge >= 0.3 is 0 Å². The Morgan fingerprint density at radius 2 is 2.08 bits per heavy atom. The van der Waals surface area contributed by atoms with Gasteiger partial charge < -0.3 is 9.84 Å². The van der Waals surface area contributed by atoms with Crippen molar-refractivity contribution in [3.05, 3.63) is 29.8 Å². The molecule has 1 rings (SSSR count). The van der Waals surface area contributed by atoms with Gasteiger partial charge in [-0.05, 0) is 24.6 Å². The number of rotatable bonds is 2. The topological polar surface area (TPSA) is 29.5 Å². The average molecular weight is 230 g/mol. The van der Waals surface area contributed by atoms with Gasteiger partial charge in [0.25, 0.3) is 0 Å². The molecule has 0 spiro atoms. The van der Waals surface area contributed by atoms with Gasteiger partial charge in [0.2, 0.25) is 0 Å². The van der Waals surface area contributed by atoms with Gasteiger partial charge in [0.1, 0.15) is 0 Å². The maximum atomic E-state index is 9.25. The SMILES string of the molecule is CC=Cc1ccc(O)c(OC)c1.[Zn]. The Bertz CT molecular complexity index is 295. The number of benzene rings is 1. The number of allylic oxidation sites excluding steroid dienone is 1. The van der Waals surface area contributed by atoms with Crippen molar-refractivity contribution in [1.82, 2.24) is 0 Å². The maximum Gasteiger partial charge on any atom is 0.161 e. The van der Waals surface area contributed by atoms with Gasteiger partial charge in [-0.15, -0.1) is 0 Å². The summed E-state index contributed by atoms with van der Waals surface area (Å²) in [6.45, 7) is 1.94. The fourth-order valence-electron chi connectivity index (χ4n) is 0.990. The van der Waals surface area contributed by atoms with Crippen molar-refractivity contribution < 1.29 is 29.3 Å². The molecule has 0 unspecified atom stereocenters. The molecule has 0 aromatic heterocycles. The van der Waals surface area contributed by atoms with Crippen LogP contribution in [0.15, 0.2) is 24.3 Å². The molecule has 66 valence electrons. The van der Waals surface area contributed by atoms with Crippen LogP contribution >= 0.6 is 0 Å². The number of aromatic hydroxyl groups is 1. The van der Waals surface area contributed by atoms with Crippen LogP contribution < -0.4 is 4.74 Å². The molecule has 3 heteroatoms. The van der Waals surface area contributed by atoms with E-state index in [0.29, 0.717) is 5.75 Å². The minimum atomic E-state index is 0. The van der Waals surface area contributed by atoms with E-state index in [2.05, 4.69) is 0 Å². The van der Waals surface area contributed by atoms with E-state index in [0.717, 1.165) is 5.56 Å². The molecule has 2 nitrogen and oxygen atoms in total. The molecule has 1 N–H and O–H groups in total. The van der Waals surface area contributed by atoms with Crippen molar-refractivity contribution in [2.75, 3.05) is 7.11 Å². The number of ether oxygens (including phenoxy) is 1. The molecular formula is C10H12O2Zn. The standard InChI is InChI=1S/C10H12O2.Zn/c1-3-4-8-5-6-9(11)10(7-8)12-2;/h3-7,11H,1-2H3;. The molecule has 0 saturated heterocycles. The van der Waals surface area contributed by atoms with E-state index in [-0.39, 0.29) is 25.2 Å². The van der Waals surface area contributed by atoms with Crippen LogP contribution in [-0.2, 0) is 19.5 Å². The fourth-order valence-corrected chi connectivity index (χ4v) is 0.990. The first-order chi connectivity index (χ1) is 5.77. The van der Waals surface area contributed by atoms with Gasteiger partial charge in [0.05, 0.1) is 7.11 Å². The minimum Gasteiger partial charge on any atom is -0.504 e. The van der Waals surface area contributed by atoms with Crippen LogP contribution in [0.1, 0.15) is 12.5 Å².